The highest BCUT2D eigenvalue weighted by molar-refractivity contribution is 5.99. The summed E-state index contributed by atoms with van der Waals surface area (Å²) in [5.41, 5.74) is 2.83. The molecule has 0 amide bonds. The first kappa shape index (κ1) is 10.1. The zero-order valence-electron chi connectivity index (χ0n) is 9.26. The van der Waals surface area contributed by atoms with Gasteiger partial charge in [-0.2, -0.15) is 0 Å². The lowest BCUT2D eigenvalue weighted by Crippen LogP contribution is -2.24. The molecule has 4 nitrogen and oxygen atoms in total. The van der Waals surface area contributed by atoms with Gasteiger partial charge in [0.1, 0.15) is 0 Å². The normalized spacial score (nSPS) is 14.6. The molecule has 0 unspecified atom stereocenters. The van der Waals surface area contributed by atoms with Crippen molar-refractivity contribution in [2.75, 3.05) is 0 Å². The SMILES string of the molecule is O=c1cc(C=NO)c2cccc3c2n1CCC3. The maximum Gasteiger partial charge on any atom is 0.251 e. The molecular formula is C13H12N2O2. The molecule has 2 heterocycles. The van der Waals surface area contributed by atoms with E-state index in [1.165, 1.54) is 17.8 Å². The predicted octanol–water partition coefficient (Wildman–Crippen LogP) is 1.76. The van der Waals surface area contributed by atoms with Crippen molar-refractivity contribution in [3.8, 4) is 0 Å². The van der Waals surface area contributed by atoms with Gasteiger partial charge in [0, 0.05) is 23.6 Å². The maximum atomic E-state index is 12.0. The molecule has 0 aliphatic carbocycles. The Hall–Kier alpha value is -2.10. The van der Waals surface area contributed by atoms with E-state index in [-0.39, 0.29) is 5.56 Å². The summed E-state index contributed by atoms with van der Waals surface area (Å²) in [6, 6.07) is 7.51. The molecule has 0 atom stereocenters. The van der Waals surface area contributed by atoms with Crippen molar-refractivity contribution < 1.29 is 5.21 Å². The van der Waals surface area contributed by atoms with Gasteiger partial charge in [0.05, 0.1) is 11.7 Å². The summed E-state index contributed by atoms with van der Waals surface area (Å²) in [4.78, 5) is 12.0. The van der Waals surface area contributed by atoms with E-state index in [9.17, 15) is 4.79 Å². The first-order valence-electron chi connectivity index (χ1n) is 5.64. The Balaban J connectivity index is 2.50. The number of hydrogen-bond donors (Lipinski definition) is 1. The van der Waals surface area contributed by atoms with E-state index in [4.69, 9.17) is 5.21 Å². The van der Waals surface area contributed by atoms with Crippen LogP contribution in [0.4, 0.5) is 0 Å². The first-order chi connectivity index (χ1) is 8.31. The second-order valence-electron chi connectivity index (χ2n) is 4.25. The van der Waals surface area contributed by atoms with Crippen molar-refractivity contribution in [2.24, 2.45) is 5.16 Å². The van der Waals surface area contributed by atoms with E-state index in [0.717, 1.165) is 30.3 Å². The average Bonchev–Trinajstić information content (AvgIpc) is 2.35. The highest BCUT2D eigenvalue weighted by Gasteiger charge is 2.15. The van der Waals surface area contributed by atoms with E-state index >= 15 is 0 Å². The molecule has 0 spiro atoms. The van der Waals surface area contributed by atoms with E-state index in [1.54, 1.807) is 0 Å². The van der Waals surface area contributed by atoms with E-state index in [0.29, 0.717) is 5.56 Å². The zero-order valence-corrected chi connectivity index (χ0v) is 9.26. The Morgan fingerprint density at radius 2 is 2.29 bits per heavy atom. The lowest BCUT2D eigenvalue weighted by Gasteiger charge is -2.19. The third-order valence-electron chi connectivity index (χ3n) is 3.27. The zero-order chi connectivity index (χ0) is 11.8. The molecule has 1 aromatic carbocycles. The first-order valence-corrected chi connectivity index (χ1v) is 5.64. The number of rotatable bonds is 1. The minimum atomic E-state index is -0.0282. The Kier molecular flexibility index (Phi) is 2.21. The monoisotopic (exact) mass is 228 g/mol. The van der Waals surface area contributed by atoms with Crippen LogP contribution >= 0.6 is 0 Å². The molecule has 0 saturated carbocycles. The fraction of sp³-hybridized carbons (Fsp3) is 0.231. The Morgan fingerprint density at radius 3 is 3.12 bits per heavy atom. The molecule has 0 bridgehead atoms. The number of benzene rings is 1. The van der Waals surface area contributed by atoms with Crippen LogP contribution in [-0.4, -0.2) is 16.0 Å². The Morgan fingerprint density at radius 1 is 1.41 bits per heavy atom. The van der Waals surface area contributed by atoms with Crippen molar-refractivity contribution in [3.05, 3.63) is 45.7 Å². The van der Waals surface area contributed by atoms with Gasteiger partial charge in [0.25, 0.3) is 5.56 Å². The van der Waals surface area contributed by atoms with Gasteiger partial charge in [-0.25, -0.2) is 0 Å². The third-order valence-corrected chi connectivity index (χ3v) is 3.27. The van der Waals surface area contributed by atoms with E-state index < -0.39 is 0 Å². The van der Waals surface area contributed by atoms with Gasteiger partial charge in [0.15, 0.2) is 0 Å². The van der Waals surface area contributed by atoms with Crippen LogP contribution in [0, 0.1) is 0 Å². The summed E-state index contributed by atoms with van der Waals surface area (Å²) < 4.78 is 1.81. The van der Waals surface area contributed by atoms with Gasteiger partial charge in [-0.05, 0) is 18.4 Å². The number of aromatic nitrogens is 1. The van der Waals surface area contributed by atoms with Crippen LogP contribution in [0.5, 0.6) is 0 Å². The summed E-state index contributed by atoms with van der Waals surface area (Å²) in [6.07, 6.45) is 3.31. The molecule has 1 aromatic heterocycles. The van der Waals surface area contributed by atoms with Crippen LogP contribution in [0.3, 0.4) is 0 Å². The molecule has 1 N–H and O–H groups in total. The second kappa shape index (κ2) is 3.73. The minimum Gasteiger partial charge on any atom is -0.411 e. The van der Waals surface area contributed by atoms with Crippen LogP contribution in [0.2, 0.25) is 0 Å². The lowest BCUT2D eigenvalue weighted by molar-refractivity contribution is 0.322. The number of para-hydroxylation sites is 1. The van der Waals surface area contributed by atoms with Crippen LogP contribution < -0.4 is 5.56 Å². The van der Waals surface area contributed by atoms with Gasteiger partial charge < -0.3 is 9.77 Å². The average molecular weight is 228 g/mol. The largest absolute Gasteiger partial charge is 0.411 e. The predicted molar refractivity (Wildman–Crippen MR) is 65.9 cm³/mol. The number of hydrogen-bond acceptors (Lipinski definition) is 3. The van der Waals surface area contributed by atoms with Crippen molar-refractivity contribution >= 4 is 17.1 Å². The molecule has 0 saturated heterocycles. The summed E-state index contributed by atoms with van der Waals surface area (Å²) in [7, 11) is 0. The maximum absolute atomic E-state index is 12.0. The molecule has 86 valence electrons. The molecule has 4 heteroatoms. The molecule has 1 aliphatic rings. The summed E-state index contributed by atoms with van der Waals surface area (Å²) >= 11 is 0. The van der Waals surface area contributed by atoms with Gasteiger partial charge in [0.2, 0.25) is 0 Å². The van der Waals surface area contributed by atoms with Crippen LogP contribution in [0.1, 0.15) is 17.5 Å². The quantitative estimate of drug-likeness (QED) is 0.459. The highest BCUT2D eigenvalue weighted by atomic mass is 16.4. The van der Waals surface area contributed by atoms with Gasteiger partial charge >= 0.3 is 0 Å². The van der Waals surface area contributed by atoms with Gasteiger partial charge in [-0.1, -0.05) is 23.4 Å². The second-order valence-corrected chi connectivity index (χ2v) is 4.25. The fourth-order valence-corrected chi connectivity index (χ4v) is 2.56. The standard InChI is InChI=1S/C13H12N2O2/c16-12-7-10(8-14-17)11-5-1-3-9-4-2-6-15(12)13(9)11/h1,3,5,7-8,17H,2,4,6H2. The van der Waals surface area contributed by atoms with Crippen molar-refractivity contribution in [3.63, 3.8) is 0 Å². The van der Waals surface area contributed by atoms with E-state index in [1.807, 2.05) is 16.7 Å². The molecule has 0 fully saturated rings. The van der Waals surface area contributed by atoms with Crippen molar-refractivity contribution in [1.82, 2.24) is 4.57 Å². The Labute approximate surface area is 97.8 Å². The van der Waals surface area contributed by atoms with Crippen LogP contribution in [0.15, 0.2) is 34.2 Å². The summed E-state index contributed by atoms with van der Waals surface area (Å²) in [5.74, 6) is 0. The lowest BCUT2D eigenvalue weighted by atomic mass is 9.99. The number of oxime groups is 1. The number of nitrogens with zero attached hydrogens (tertiary/aromatic N) is 2. The molecule has 0 radical (unpaired) electrons. The van der Waals surface area contributed by atoms with Crippen molar-refractivity contribution in [2.45, 2.75) is 19.4 Å². The molecule has 1 aliphatic heterocycles. The topological polar surface area (TPSA) is 54.6 Å². The summed E-state index contributed by atoms with van der Waals surface area (Å²) in [6.45, 7) is 0.767. The molecule has 2 aromatic rings. The highest BCUT2D eigenvalue weighted by Crippen LogP contribution is 2.24. The molecule has 17 heavy (non-hydrogen) atoms. The van der Waals surface area contributed by atoms with Gasteiger partial charge in [-0.15, -0.1) is 0 Å². The molecular weight excluding hydrogens is 216 g/mol. The minimum absolute atomic E-state index is 0.0282. The fourth-order valence-electron chi connectivity index (χ4n) is 2.56. The molecule has 3 rings (SSSR count). The summed E-state index contributed by atoms with van der Waals surface area (Å²) in [5, 5.41) is 12.6. The number of aryl methyl sites for hydroxylation is 2. The van der Waals surface area contributed by atoms with E-state index in [2.05, 4.69) is 11.2 Å². The van der Waals surface area contributed by atoms with Crippen LogP contribution in [0.25, 0.3) is 10.9 Å². The van der Waals surface area contributed by atoms with Crippen molar-refractivity contribution in [1.29, 1.82) is 0 Å². The third kappa shape index (κ3) is 1.45. The Bertz CT molecular complexity index is 671. The van der Waals surface area contributed by atoms with Crippen LogP contribution in [-0.2, 0) is 13.0 Å². The smallest absolute Gasteiger partial charge is 0.251 e. The van der Waals surface area contributed by atoms with Gasteiger partial charge in [-0.3, -0.25) is 4.79 Å². The number of pyridine rings is 1.